The lowest BCUT2D eigenvalue weighted by molar-refractivity contribution is -0.139. The second-order valence-corrected chi connectivity index (χ2v) is 13.6. The highest BCUT2D eigenvalue weighted by molar-refractivity contribution is 6.39. The third-order valence-electron chi connectivity index (χ3n) is 9.23. The summed E-state index contributed by atoms with van der Waals surface area (Å²) in [4.78, 5) is 39.8. The first kappa shape index (κ1) is 36.6. The smallest absolute Gasteiger partial charge is 0.319 e. The van der Waals surface area contributed by atoms with Crippen LogP contribution >= 0.6 is 23.2 Å². The van der Waals surface area contributed by atoms with E-state index in [1.54, 1.807) is 59.4 Å². The molecule has 5 heterocycles. The summed E-state index contributed by atoms with van der Waals surface area (Å²) in [5.41, 5.74) is 3.94. The molecule has 1 amide bonds. The van der Waals surface area contributed by atoms with E-state index in [1.165, 1.54) is 7.11 Å². The van der Waals surface area contributed by atoms with Crippen LogP contribution in [0.4, 0.5) is 26.0 Å². The number of carbonyl (C=O) groups is 2. The number of likely N-dealkylation sites (tertiary alicyclic amines) is 1. The number of carbonyl (C=O) groups excluding carboxylic acids is 2. The maximum Gasteiger partial charge on any atom is 0.319 e. The minimum atomic E-state index is -2.94. The predicted octanol–water partition coefficient (Wildman–Crippen LogP) is 6.29. The molecule has 2 atom stereocenters. The molecule has 2 aliphatic heterocycles. The number of benzene rings is 2. The number of amides is 1. The van der Waals surface area contributed by atoms with Gasteiger partial charge >= 0.3 is 5.97 Å². The molecule has 0 saturated carbocycles. The molecule has 276 valence electrons. The fourth-order valence-electron chi connectivity index (χ4n) is 6.63. The number of methoxy groups -OCH3 is 1. The van der Waals surface area contributed by atoms with Crippen LogP contribution < -0.4 is 16.0 Å². The molecule has 0 unspecified atom stereocenters. The molecule has 0 spiro atoms. The number of alkyl halides is 2. The molecule has 1 saturated heterocycles. The number of aliphatic hydroxyl groups excluding tert-OH is 1. The first-order valence-corrected chi connectivity index (χ1v) is 17.7. The van der Waals surface area contributed by atoms with Crippen molar-refractivity contribution in [3.63, 3.8) is 0 Å². The van der Waals surface area contributed by atoms with Gasteiger partial charge < -0.3 is 20.5 Å². The second-order valence-electron chi connectivity index (χ2n) is 12.9. The van der Waals surface area contributed by atoms with E-state index in [1.807, 2.05) is 0 Å². The Bertz CT molecular complexity index is 2190. The molecule has 1 fully saturated rings. The van der Waals surface area contributed by atoms with Gasteiger partial charge in [0.15, 0.2) is 17.3 Å². The van der Waals surface area contributed by atoms with E-state index in [4.69, 9.17) is 27.9 Å². The van der Waals surface area contributed by atoms with Crippen LogP contribution in [0.5, 0.6) is 0 Å². The van der Waals surface area contributed by atoms with E-state index in [0.29, 0.717) is 48.6 Å². The summed E-state index contributed by atoms with van der Waals surface area (Å²) in [6.07, 6.45) is 0.573. The molecule has 5 aromatic rings. The maximum atomic E-state index is 14.0. The third kappa shape index (κ3) is 7.94. The summed E-state index contributed by atoms with van der Waals surface area (Å²) in [6, 6.07) is 13.5. The highest BCUT2D eigenvalue weighted by Gasteiger charge is 2.26. The number of nitrogens with zero attached hydrogens (tertiary/aromatic N) is 6. The van der Waals surface area contributed by atoms with Gasteiger partial charge in [-0.1, -0.05) is 47.5 Å². The number of fused-ring (bicyclic) bond motifs is 2. The van der Waals surface area contributed by atoms with Crippen LogP contribution in [0.2, 0.25) is 10.0 Å². The average molecular weight is 767 g/mol. The molecule has 7 rings (SSSR count). The molecule has 0 bridgehead atoms. The number of rotatable bonds is 11. The summed E-state index contributed by atoms with van der Waals surface area (Å²) in [6.45, 7) is 2.40. The van der Waals surface area contributed by atoms with E-state index in [2.05, 4.69) is 40.9 Å². The Morgan fingerprint density at radius 2 is 1.79 bits per heavy atom. The number of aliphatic hydroxyl groups is 1. The Kier molecular flexibility index (Phi) is 10.8. The molecular weight excluding hydrogens is 731 g/mol. The number of aryl methyl sites for hydroxylation is 1. The van der Waals surface area contributed by atoms with Gasteiger partial charge in [-0.05, 0) is 49.1 Å². The number of hydrogen-bond donors (Lipinski definition) is 4. The number of nitrogens with one attached hydrogen (secondary N) is 3. The van der Waals surface area contributed by atoms with Crippen molar-refractivity contribution >= 4 is 63.3 Å². The SMILES string of the molecule is COC(=O)CN[C@H]1CCCn2nc(C(=O)Nc3cccc(-c4cccc(Nc5nc(C(F)F)nc6cc(CN7CC[C@@H](O)C7)cnc56)c4Cl)c3Cl)cc21. The van der Waals surface area contributed by atoms with Crippen molar-refractivity contribution in [1.82, 2.24) is 34.9 Å². The number of pyridine rings is 1. The number of β-amino-alcohol motifs (C(OH)–C–C–N with tert-alkyl or cyclic N) is 1. The van der Waals surface area contributed by atoms with Crippen LogP contribution in [0, 0.1) is 0 Å². The van der Waals surface area contributed by atoms with Crippen LogP contribution in [0.25, 0.3) is 22.2 Å². The van der Waals surface area contributed by atoms with E-state index in [-0.39, 0.29) is 51.1 Å². The van der Waals surface area contributed by atoms with Crippen LogP contribution in [0.1, 0.15) is 59.3 Å². The van der Waals surface area contributed by atoms with Gasteiger partial charge in [0.05, 0.1) is 52.4 Å². The van der Waals surface area contributed by atoms with Crippen molar-refractivity contribution in [1.29, 1.82) is 0 Å². The topological polar surface area (TPSA) is 159 Å². The normalized spacial score (nSPS) is 17.3. The van der Waals surface area contributed by atoms with Crippen LogP contribution in [0.3, 0.4) is 0 Å². The Morgan fingerprint density at radius 3 is 2.51 bits per heavy atom. The number of hydrogen-bond acceptors (Lipinski definition) is 11. The van der Waals surface area contributed by atoms with Gasteiger partial charge in [-0.3, -0.25) is 29.5 Å². The van der Waals surface area contributed by atoms with Gasteiger partial charge in [0.2, 0.25) is 0 Å². The molecule has 4 N–H and O–H groups in total. The van der Waals surface area contributed by atoms with Gasteiger partial charge in [-0.2, -0.15) is 5.10 Å². The molecule has 0 aliphatic carbocycles. The average Bonchev–Trinajstić information content (AvgIpc) is 3.78. The summed E-state index contributed by atoms with van der Waals surface area (Å²) < 4.78 is 34.4. The van der Waals surface area contributed by atoms with Gasteiger partial charge in [-0.15, -0.1) is 0 Å². The second kappa shape index (κ2) is 15.7. The number of halogens is 4. The van der Waals surface area contributed by atoms with Gasteiger partial charge in [0.25, 0.3) is 12.3 Å². The molecule has 2 aromatic carbocycles. The standard InChI is InChI=1S/C36H35Cl2F2N9O4/c1-53-29(51)16-41-23-9-4-11-49-28(23)14-27(47-49)36(52)45-25-8-3-6-22(31(25)38)21-5-2-7-24(30(21)37)43-34-32-26(44-35(46-34)33(39)40)13-19(15-42-32)17-48-12-10-20(50)18-48/h2-3,5-8,13-15,20,23,33,41,50H,4,9-12,16-18H2,1H3,(H,45,52)(H,43,44,46)/t20-,23+/m1/s1. The lowest BCUT2D eigenvalue weighted by Crippen LogP contribution is -2.32. The van der Waals surface area contributed by atoms with Crippen molar-refractivity contribution in [3.8, 4) is 11.1 Å². The highest BCUT2D eigenvalue weighted by atomic mass is 35.5. The van der Waals surface area contributed by atoms with Crippen molar-refractivity contribution in [3.05, 3.63) is 87.5 Å². The molecular formula is C36H35Cl2F2N9O4. The summed E-state index contributed by atoms with van der Waals surface area (Å²) >= 11 is 13.8. The Balaban J connectivity index is 1.13. The van der Waals surface area contributed by atoms with Gasteiger partial charge in [-0.25, -0.2) is 18.7 Å². The van der Waals surface area contributed by atoms with Crippen LogP contribution in [-0.4, -0.2) is 79.5 Å². The Labute approximate surface area is 312 Å². The molecule has 53 heavy (non-hydrogen) atoms. The number of ether oxygens (including phenoxy) is 1. The summed E-state index contributed by atoms with van der Waals surface area (Å²) in [5, 5.41) is 23.9. The minimum absolute atomic E-state index is 0.0334. The number of anilines is 3. The number of aromatic nitrogens is 5. The third-order valence-corrected chi connectivity index (χ3v) is 10.0. The molecule has 0 radical (unpaired) electrons. The van der Waals surface area contributed by atoms with E-state index < -0.39 is 24.3 Å². The zero-order valence-corrected chi connectivity index (χ0v) is 30.0. The summed E-state index contributed by atoms with van der Waals surface area (Å²) in [5.74, 6) is -1.48. The maximum absolute atomic E-state index is 14.0. The Morgan fingerprint density at radius 1 is 1.04 bits per heavy atom. The quantitative estimate of drug-likeness (QED) is 0.112. The number of esters is 1. The zero-order chi connectivity index (χ0) is 37.2. The largest absolute Gasteiger partial charge is 0.468 e. The first-order chi connectivity index (χ1) is 25.6. The van der Waals surface area contributed by atoms with E-state index >= 15 is 0 Å². The molecule has 13 nitrogen and oxygen atoms in total. The van der Waals surface area contributed by atoms with Gasteiger partial charge in [0, 0.05) is 49.5 Å². The van der Waals surface area contributed by atoms with Crippen molar-refractivity contribution in [2.45, 2.75) is 50.9 Å². The molecule has 3 aromatic heterocycles. The Hall–Kier alpha value is -4.80. The summed E-state index contributed by atoms with van der Waals surface area (Å²) in [7, 11) is 1.32. The lowest BCUT2D eigenvalue weighted by Gasteiger charge is -2.24. The fourth-order valence-corrected chi connectivity index (χ4v) is 7.18. The molecule has 17 heteroatoms. The van der Waals surface area contributed by atoms with Crippen molar-refractivity contribution in [2.24, 2.45) is 0 Å². The fraction of sp³-hybridized carbons (Fsp3) is 0.333. The van der Waals surface area contributed by atoms with E-state index in [0.717, 1.165) is 30.6 Å². The van der Waals surface area contributed by atoms with Gasteiger partial charge in [0.1, 0.15) is 5.52 Å². The van der Waals surface area contributed by atoms with Crippen molar-refractivity contribution < 1.29 is 28.2 Å². The van der Waals surface area contributed by atoms with Crippen LogP contribution in [0.15, 0.2) is 54.7 Å². The highest BCUT2D eigenvalue weighted by Crippen LogP contribution is 2.41. The first-order valence-electron chi connectivity index (χ1n) is 17.0. The monoisotopic (exact) mass is 765 g/mol. The molecule has 2 aliphatic rings. The van der Waals surface area contributed by atoms with E-state index in [9.17, 15) is 23.5 Å². The zero-order valence-electron chi connectivity index (χ0n) is 28.5. The minimum Gasteiger partial charge on any atom is -0.468 e. The predicted molar refractivity (Wildman–Crippen MR) is 196 cm³/mol. The van der Waals surface area contributed by atoms with Crippen LogP contribution in [-0.2, 0) is 22.6 Å². The van der Waals surface area contributed by atoms with Crippen molar-refractivity contribution in [2.75, 3.05) is 37.4 Å². The lowest BCUT2D eigenvalue weighted by atomic mass is 10.0.